The van der Waals surface area contributed by atoms with Gasteiger partial charge in [-0.1, -0.05) is 44.2 Å². The Kier molecular flexibility index (Phi) is 7.94. The fourth-order valence-electron chi connectivity index (χ4n) is 4.00. The maximum atomic E-state index is 12.9. The van der Waals surface area contributed by atoms with Crippen LogP contribution >= 0.6 is 0 Å². The highest BCUT2D eigenvalue weighted by atomic mass is 16.6. The molecule has 185 valence electrons. The van der Waals surface area contributed by atoms with Gasteiger partial charge < -0.3 is 14.5 Å². The molecule has 8 heteroatoms. The summed E-state index contributed by atoms with van der Waals surface area (Å²) < 4.78 is 5.40. The summed E-state index contributed by atoms with van der Waals surface area (Å²) in [5, 5.41) is 11.8. The van der Waals surface area contributed by atoms with Gasteiger partial charge in [0.15, 0.2) is 0 Å². The third-order valence-corrected chi connectivity index (χ3v) is 5.69. The van der Waals surface area contributed by atoms with E-state index >= 15 is 0 Å². The van der Waals surface area contributed by atoms with Gasteiger partial charge in [-0.2, -0.15) is 0 Å². The number of nitrogens with zero attached hydrogens (tertiary/aromatic N) is 3. The number of hydrogen-bond acceptors (Lipinski definition) is 5. The zero-order valence-electron chi connectivity index (χ0n) is 20.9. The highest BCUT2D eigenvalue weighted by Gasteiger charge is 2.27. The molecule has 0 spiro atoms. The number of carbonyl (C=O) groups is 2. The lowest BCUT2D eigenvalue weighted by Crippen LogP contribution is -2.51. The number of carbonyl (C=O) groups excluding carboxylic acids is 2. The minimum absolute atomic E-state index is 0.126. The number of rotatable bonds is 5. The molecule has 3 rings (SSSR count). The zero-order chi connectivity index (χ0) is 25.8. The number of hydrogen-bond donors (Lipinski definition) is 0. The summed E-state index contributed by atoms with van der Waals surface area (Å²) in [6.45, 7) is 11.0. The highest BCUT2D eigenvalue weighted by Crippen LogP contribution is 2.38. The fourth-order valence-corrected chi connectivity index (χ4v) is 4.00. The van der Waals surface area contributed by atoms with E-state index in [0.717, 1.165) is 11.1 Å². The van der Waals surface area contributed by atoms with E-state index in [2.05, 4.69) is 6.07 Å². The molecular formula is C27H32N3O5. The maximum absolute atomic E-state index is 12.9. The van der Waals surface area contributed by atoms with Crippen LogP contribution in [-0.4, -0.2) is 58.5 Å². The van der Waals surface area contributed by atoms with Crippen molar-refractivity contribution in [3.8, 4) is 11.1 Å². The Balaban J connectivity index is 1.81. The number of ether oxygens (including phenoxy) is 1. The Morgan fingerprint density at radius 2 is 1.71 bits per heavy atom. The molecular weight excluding hydrogens is 446 g/mol. The lowest BCUT2D eigenvalue weighted by molar-refractivity contribution is -0.384. The van der Waals surface area contributed by atoms with Gasteiger partial charge in [-0.05, 0) is 55.5 Å². The molecule has 1 radical (unpaired) electrons. The Hall–Kier alpha value is -3.68. The van der Waals surface area contributed by atoms with Gasteiger partial charge in [-0.25, -0.2) is 4.79 Å². The van der Waals surface area contributed by atoms with Crippen molar-refractivity contribution in [1.29, 1.82) is 0 Å². The number of amides is 2. The lowest BCUT2D eigenvalue weighted by atomic mass is 9.89. The van der Waals surface area contributed by atoms with Crippen molar-refractivity contribution in [3.05, 3.63) is 69.8 Å². The standard InChI is InChI=1S/C27H32N3O5/c1-19(2)21-10-6-7-11-22(21)25-20(9-8-12-23(25)30(33)34)13-14-24(31)28-15-17-29(18-16-28)26(32)35-27(3,4)5/h6-11,13-14,19H,15-18H2,1-5H3/b14-13+. The maximum Gasteiger partial charge on any atom is 0.410 e. The average Bonchev–Trinajstić information content (AvgIpc) is 2.81. The van der Waals surface area contributed by atoms with Crippen molar-refractivity contribution < 1.29 is 19.2 Å². The first-order chi connectivity index (χ1) is 16.5. The molecule has 8 nitrogen and oxygen atoms in total. The molecule has 1 fully saturated rings. The first-order valence-electron chi connectivity index (χ1n) is 11.7. The lowest BCUT2D eigenvalue weighted by Gasteiger charge is -2.35. The summed E-state index contributed by atoms with van der Waals surface area (Å²) >= 11 is 0. The molecule has 0 atom stereocenters. The second kappa shape index (κ2) is 10.7. The minimum atomic E-state index is -0.575. The quantitative estimate of drug-likeness (QED) is 0.331. The molecule has 0 aromatic heterocycles. The fraction of sp³-hybridized carbons (Fsp3) is 0.407. The third kappa shape index (κ3) is 6.47. The molecule has 2 amide bonds. The van der Waals surface area contributed by atoms with Crippen LogP contribution in [0.2, 0.25) is 0 Å². The summed E-state index contributed by atoms with van der Waals surface area (Å²) in [7, 11) is 0. The van der Waals surface area contributed by atoms with Crippen molar-refractivity contribution in [3.63, 3.8) is 0 Å². The van der Waals surface area contributed by atoms with Crippen molar-refractivity contribution in [2.24, 2.45) is 0 Å². The summed E-state index contributed by atoms with van der Waals surface area (Å²) in [5.41, 5.74) is 2.05. The van der Waals surface area contributed by atoms with E-state index in [1.807, 2.05) is 58.9 Å². The molecule has 0 bridgehead atoms. The number of nitro benzene ring substituents is 1. The SMILES string of the molecule is CC(C)c1ccccc1-c1c([N+](=O)[O-])[c]ccc1/C=C/C(=O)N1CCN(C(=O)OC(C)(C)C)CC1. The second-order valence-corrected chi connectivity index (χ2v) is 9.78. The van der Waals surface area contributed by atoms with Gasteiger partial charge in [-0.15, -0.1) is 0 Å². The van der Waals surface area contributed by atoms with Crippen LogP contribution < -0.4 is 0 Å². The third-order valence-electron chi connectivity index (χ3n) is 5.69. The summed E-state index contributed by atoms with van der Waals surface area (Å²) in [4.78, 5) is 39.8. The number of piperazine rings is 1. The van der Waals surface area contributed by atoms with Crippen molar-refractivity contribution >= 4 is 23.8 Å². The van der Waals surface area contributed by atoms with Crippen LogP contribution in [0, 0.1) is 16.2 Å². The molecule has 2 aromatic rings. The van der Waals surface area contributed by atoms with Crippen molar-refractivity contribution in [2.45, 2.75) is 46.1 Å². The molecule has 1 aliphatic rings. The van der Waals surface area contributed by atoms with Gasteiger partial charge in [-0.3, -0.25) is 14.9 Å². The summed E-state index contributed by atoms with van der Waals surface area (Å²) in [6, 6.07) is 13.6. The van der Waals surface area contributed by atoms with Crippen LogP contribution in [0.15, 0.2) is 42.5 Å². The molecule has 0 unspecified atom stereocenters. The largest absolute Gasteiger partial charge is 0.444 e. The molecule has 0 saturated carbocycles. The minimum Gasteiger partial charge on any atom is -0.444 e. The van der Waals surface area contributed by atoms with Gasteiger partial charge in [0.1, 0.15) is 5.60 Å². The van der Waals surface area contributed by atoms with E-state index < -0.39 is 10.5 Å². The van der Waals surface area contributed by atoms with E-state index in [9.17, 15) is 19.7 Å². The predicted molar refractivity (Wildman–Crippen MR) is 135 cm³/mol. The van der Waals surface area contributed by atoms with Gasteiger partial charge in [0.2, 0.25) is 5.91 Å². The van der Waals surface area contributed by atoms with E-state index in [1.165, 1.54) is 12.1 Å². The van der Waals surface area contributed by atoms with Gasteiger partial charge >= 0.3 is 6.09 Å². The van der Waals surface area contributed by atoms with Gasteiger partial charge in [0, 0.05) is 32.3 Å². The van der Waals surface area contributed by atoms with Crippen LogP contribution in [0.5, 0.6) is 0 Å². The van der Waals surface area contributed by atoms with Crippen LogP contribution in [0.25, 0.3) is 17.2 Å². The van der Waals surface area contributed by atoms with Crippen LogP contribution in [-0.2, 0) is 9.53 Å². The van der Waals surface area contributed by atoms with E-state index in [-0.39, 0.29) is 23.6 Å². The molecule has 1 heterocycles. The summed E-state index contributed by atoms with van der Waals surface area (Å²) in [6.07, 6.45) is 2.67. The van der Waals surface area contributed by atoms with Crippen LogP contribution in [0.4, 0.5) is 10.5 Å². The van der Waals surface area contributed by atoms with Gasteiger partial charge in [0.25, 0.3) is 5.69 Å². The van der Waals surface area contributed by atoms with Crippen LogP contribution in [0.3, 0.4) is 0 Å². The topological polar surface area (TPSA) is 93.0 Å². The van der Waals surface area contributed by atoms with Gasteiger partial charge in [0.05, 0.1) is 16.6 Å². The van der Waals surface area contributed by atoms with Crippen LogP contribution in [0.1, 0.15) is 51.7 Å². The smallest absolute Gasteiger partial charge is 0.410 e. The van der Waals surface area contributed by atoms with Crippen molar-refractivity contribution in [2.75, 3.05) is 26.2 Å². The molecule has 2 aromatic carbocycles. The number of nitro groups is 1. The highest BCUT2D eigenvalue weighted by molar-refractivity contribution is 5.94. The first kappa shape index (κ1) is 25.9. The predicted octanol–water partition coefficient (Wildman–Crippen LogP) is 5.28. The van der Waals surface area contributed by atoms with E-state index in [1.54, 1.807) is 21.9 Å². The molecule has 0 aliphatic carbocycles. The first-order valence-corrected chi connectivity index (χ1v) is 11.7. The Bertz CT molecular complexity index is 1130. The Morgan fingerprint density at radius 3 is 2.31 bits per heavy atom. The Labute approximate surface area is 206 Å². The molecule has 35 heavy (non-hydrogen) atoms. The number of benzene rings is 2. The average molecular weight is 479 g/mol. The molecule has 1 aliphatic heterocycles. The molecule has 0 N–H and O–H groups in total. The summed E-state index contributed by atoms with van der Waals surface area (Å²) in [5.74, 6) is -0.0573. The molecule has 1 saturated heterocycles. The normalized spacial score (nSPS) is 14.5. The Morgan fingerprint density at radius 1 is 1.09 bits per heavy atom. The zero-order valence-corrected chi connectivity index (χ0v) is 20.9. The monoisotopic (exact) mass is 478 g/mol. The van der Waals surface area contributed by atoms with Crippen molar-refractivity contribution in [1.82, 2.24) is 9.80 Å². The van der Waals surface area contributed by atoms with E-state index in [4.69, 9.17) is 4.74 Å². The second-order valence-electron chi connectivity index (χ2n) is 9.78. The van der Waals surface area contributed by atoms with E-state index in [0.29, 0.717) is 37.3 Å².